The minimum absolute atomic E-state index is 0.333. The van der Waals surface area contributed by atoms with Crippen molar-refractivity contribution in [2.75, 3.05) is 0 Å². The number of thiazole rings is 1. The van der Waals surface area contributed by atoms with E-state index in [1.807, 2.05) is 6.92 Å². The van der Waals surface area contributed by atoms with Crippen molar-refractivity contribution >= 4 is 27.3 Å². The summed E-state index contributed by atoms with van der Waals surface area (Å²) in [5.74, 6) is 0.440. The smallest absolute Gasteiger partial charge is 0.270 e. The van der Waals surface area contributed by atoms with Crippen molar-refractivity contribution in [1.82, 2.24) is 15.1 Å². The minimum atomic E-state index is -0.333. The van der Waals surface area contributed by atoms with Crippen LogP contribution in [0.4, 0.5) is 4.39 Å². The van der Waals surface area contributed by atoms with Gasteiger partial charge in [0.2, 0.25) is 5.82 Å². The molecule has 2 heterocycles. The van der Waals surface area contributed by atoms with E-state index in [0.717, 1.165) is 15.6 Å². The Morgan fingerprint density at radius 2 is 2.19 bits per heavy atom. The van der Waals surface area contributed by atoms with E-state index in [2.05, 4.69) is 31.1 Å². The molecule has 0 aliphatic rings. The predicted molar refractivity (Wildman–Crippen MR) is 81.1 cm³/mol. The predicted octanol–water partition coefficient (Wildman–Crippen LogP) is 3.53. The van der Waals surface area contributed by atoms with Crippen LogP contribution in [-0.2, 0) is 6.54 Å². The molecule has 5 nitrogen and oxygen atoms in total. The van der Waals surface area contributed by atoms with Crippen molar-refractivity contribution in [2.24, 2.45) is 5.73 Å². The molecule has 0 aliphatic heterocycles. The molecule has 0 saturated heterocycles. The summed E-state index contributed by atoms with van der Waals surface area (Å²) in [6, 6.07) is 4.30. The summed E-state index contributed by atoms with van der Waals surface area (Å²) in [6.45, 7) is 2.23. The molecule has 0 amide bonds. The van der Waals surface area contributed by atoms with Gasteiger partial charge in [-0.15, -0.1) is 11.3 Å². The van der Waals surface area contributed by atoms with Crippen LogP contribution >= 0.6 is 27.3 Å². The molecule has 0 bridgehead atoms. The summed E-state index contributed by atoms with van der Waals surface area (Å²) in [4.78, 5) is 9.47. The normalized spacial score (nSPS) is 11.0. The first-order valence-corrected chi connectivity index (χ1v) is 7.65. The molecule has 0 spiro atoms. The van der Waals surface area contributed by atoms with Gasteiger partial charge in [0.15, 0.2) is 0 Å². The number of nitrogens with two attached hydrogens (primary N) is 1. The van der Waals surface area contributed by atoms with Crippen molar-refractivity contribution in [3.05, 3.63) is 39.2 Å². The lowest BCUT2D eigenvalue weighted by atomic mass is 10.2. The van der Waals surface area contributed by atoms with Gasteiger partial charge in [-0.2, -0.15) is 4.98 Å². The van der Waals surface area contributed by atoms with Gasteiger partial charge in [0.25, 0.3) is 5.89 Å². The Kier molecular flexibility index (Phi) is 3.83. The van der Waals surface area contributed by atoms with Gasteiger partial charge in [-0.3, -0.25) is 0 Å². The fraction of sp³-hybridized carbons (Fsp3) is 0.154. The van der Waals surface area contributed by atoms with Gasteiger partial charge < -0.3 is 10.3 Å². The van der Waals surface area contributed by atoms with Crippen LogP contribution in [0.25, 0.3) is 22.2 Å². The van der Waals surface area contributed by atoms with Crippen LogP contribution in [0.15, 0.2) is 27.2 Å². The number of rotatable bonds is 3. The van der Waals surface area contributed by atoms with Crippen molar-refractivity contribution in [3.8, 4) is 22.2 Å². The Morgan fingerprint density at radius 3 is 2.86 bits per heavy atom. The molecule has 21 heavy (non-hydrogen) atoms. The summed E-state index contributed by atoms with van der Waals surface area (Å²) in [5, 5.41) is 4.75. The zero-order valence-corrected chi connectivity index (χ0v) is 13.3. The topological polar surface area (TPSA) is 77.8 Å². The summed E-state index contributed by atoms with van der Waals surface area (Å²) < 4.78 is 19.0. The number of aromatic nitrogens is 3. The molecule has 108 valence electrons. The third kappa shape index (κ3) is 2.74. The van der Waals surface area contributed by atoms with Crippen molar-refractivity contribution in [3.63, 3.8) is 0 Å². The number of halogens is 2. The highest BCUT2D eigenvalue weighted by molar-refractivity contribution is 9.10. The monoisotopic (exact) mass is 368 g/mol. The SMILES string of the molecule is Cc1nc(CN)sc1-c1nc(-c2ccc(F)cc2Br)no1. The molecule has 1 aromatic carbocycles. The van der Waals surface area contributed by atoms with Gasteiger partial charge >= 0.3 is 0 Å². The molecule has 0 aliphatic carbocycles. The third-order valence-corrected chi connectivity index (χ3v) is 4.63. The van der Waals surface area contributed by atoms with Crippen LogP contribution in [-0.4, -0.2) is 15.1 Å². The van der Waals surface area contributed by atoms with E-state index < -0.39 is 0 Å². The zero-order chi connectivity index (χ0) is 15.0. The maximum absolute atomic E-state index is 13.1. The van der Waals surface area contributed by atoms with Crippen LogP contribution < -0.4 is 5.73 Å². The van der Waals surface area contributed by atoms with Crippen LogP contribution in [0, 0.1) is 12.7 Å². The lowest BCUT2D eigenvalue weighted by molar-refractivity contribution is 0.433. The average molecular weight is 369 g/mol. The highest BCUT2D eigenvalue weighted by atomic mass is 79.9. The summed E-state index contributed by atoms with van der Waals surface area (Å²) >= 11 is 4.71. The second kappa shape index (κ2) is 5.63. The first-order chi connectivity index (χ1) is 10.1. The molecule has 0 radical (unpaired) electrons. The molecular formula is C13H10BrFN4OS. The van der Waals surface area contributed by atoms with Crippen LogP contribution in [0.2, 0.25) is 0 Å². The Morgan fingerprint density at radius 1 is 1.38 bits per heavy atom. The third-order valence-electron chi connectivity index (χ3n) is 2.81. The lowest BCUT2D eigenvalue weighted by Gasteiger charge is -1.98. The van der Waals surface area contributed by atoms with Gasteiger partial charge in [-0.1, -0.05) is 5.16 Å². The molecular weight excluding hydrogens is 359 g/mol. The second-order valence-electron chi connectivity index (χ2n) is 4.27. The highest BCUT2D eigenvalue weighted by Crippen LogP contribution is 2.32. The minimum Gasteiger partial charge on any atom is -0.333 e. The lowest BCUT2D eigenvalue weighted by Crippen LogP contribution is -1.94. The molecule has 2 aromatic heterocycles. The van der Waals surface area contributed by atoms with Crippen molar-refractivity contribution in [2.45, 2.75) is 13.5 Å². The number of aryl methyl sites for hydroxylation is 1. The second-order valence-corrected chi connectivity index (χ2v) is 6.21. The van der Waals surface area contributed by atoms with Gasteiger partial charge in [0, 0.05) is 16.6 Å². The van der Waals surface area contributed by atoms with E-state index >= 15 is 0 Å². The number of hydrogen-bond donors (Lipinski definition) is 1. The van der Waals surface area contributed by atoms with Crippen LogP contribution in [0.1, 0.15) is 10.7 Å². The van der Waals surface area contributed by atoms with Gasteiger partial charge in [0.1, 0.15) is 15.7 Å². The quantitative estimate of drug-likeness (QED) is 0.764. The van der Waals surface area contributed by atoms with E-state index in [1.165, 1.54) is 23.5 Å². The fourth-order valence-corrected chi connectivity index (χ4v) is 3.23. The Bertz CT molecular complexity index is 801. The van der Waals surface area contributed by atoms with Crippen molar-refractivity contribution in [1.29, 1.82) is 0 Å². The number of benzene rings is 1. The molecule has 0 saturated carbocycles. The van der Waals surface area contributed by atoms with E-state index in [4.69, 9.17) is 10.3 Å². The maximum Gasteiger partial charge on any atom is 0.270 e. The molecule has 2 N–H and O–H groups in total. The number of nitrogens with zero attached hydrogens (tertiary/aromatic N) is 3. The molecule has 0 unspecified atom stereocenters. The maximum atomic E-state index is 13.1. The Hall–Kier alpha value is -1.64. The first kappa shape index (κ1) is 14.3. The highest BCUT2D eigenvalue weighted by Gasteiger charge is 2.18. The van der Waals surface area contributed by atoms with E-state index in [1.54, 1.807) is 6.07 Å². The van der Waals surface area contributed by atoms with Gasteiger partial charge in [-0.25, -0.2) is 9.37 Å². The van der Waals surface area contributed by atoms with Crippen LogP contribution in [0.5, 0.6) is 0 Å². The Balaban J connectivity index is 2.01. The van der Waals surface area contributed by atoms with Gasteiger partial charge in [0.05, 0.1) is 5.69 Å². The summed E-state index contributed by atoms with van der Waals surface area (Å²) in [5.41, 5.74) is 7.04. The summed E-state index contributed by atoms with van der Waals surface area (Å²) in [6.07, 6.45) is 0. The number of hydrogen-bond acceptors (Lipinski definition) is 6. The summed E-state index contributed by atoms with van der Waals surface area (Å²) in [7, 11) is 0. The molecule has 0 fully saturated rings. The van der Waals surface area contributed by atoms with Crippen molar-refractivity contribution < 1.29 is 8.91 Å². The van der Waals surface area contributed by atoms with Gasteiger partial charge in [-0.05, 0) is 41.1 Å². The standard InChI is InChI=1S/C13H10BrFN4OS/c1-6-11(21-10(5-16)17-6)13-18-12(19-20-13)8-3-2-7(15)4-9(8)14/h2-4H,5,16H2,1H3. The molecule has 3 aromatic rings. The van der Waals surface area contributed by atoms with E-state index in [0.29, 0.717) is 28.3 Å². The average Bonchev–Trinajstić information content (AvgIpc) is 3.05. The zero-order valence-electron chi connectivity index (χ0n) is 10.9. The molecule has 8 heteroatoms. The largest absolute Gasteiger partial charge is 0.333 e. The van der Waals surface area contributed by atoms with Crippen LogP contribution in [0.3, 0.4) is 0 Å². The fourth-order valence-electron chi connectivity index (χ4n) is 1.83. The molecule has 0 atom stereocenters. The van der Waals surface area contributed by atoms with E-state index in [-0.39, 0.29) is 5.82 Å². The van der Waals surface area contributed by atoms with E-state index in [9.17, 15) is 4.39 Å². The molecule has 3 rings (SSSR count). The Labute approximate surface area is 132 Å². The first-order valence-electron chi connectivity index (χ1n) is 6.04.